The summed E-state index contributed by atoms with van der Waals surface area (Å²) >= 11 is 0. The highest BCUT2D eigenvalue weighted by atomic mass is 16.1. The first-order chi connectivity index (χ1) is 10.1. The molecule has 0 aliphatic carbocycles. The molecule has 1 heterocycles. The van der Waals surface area contributed by atoms with Crippen LogP contribution >= 0.6 is 0 Å². The van der Waals surface area contributed by atoms with Gasteiger partial charge in [-0.3, -0.25) is 9.79 Å². The second-order valence-electron chi connectivity index (χ2n) is 5.32. The Hall–Kier alpha value is -1.78. The molecule has 1 aromatic heterocycles. The van der Waals surface area contributed by atoms with Gasteiger partial charge in [0.25, 0.3) is 5.56 Å². The normalized spacial score (nSPS) is 13.0. The Morgan fingerprint density at radius 1 is 1.38 bits per heavy atom. The predicted molar refractivity (Wildman–Crippen MR) is 88.9 cm³/mol. The number of aromatic nitrogens is 1. The molecule has 0 aliphatic heterocycles. The summed E-state index contributed by atoms with van der Waals surface area (Å²) in [6, 6.07) is 5.81. The maximum Gasteiger partial charge on any atom is 0.250 e. The Balaban J connectivity index is 2.30. The molecule has 1 rings (SSSR count). The number of aryl methyl sites for hydroxylation is 1. The van der Waals surface area contributed by atoms with Crippen LogP contribution in [0.15, 0.2) is 28.0 Å². The van der Waals surface area contributed by atoms with Crippen molar-refractivity contribution in [3.05, 3.63) is 34.2 Å². The van der Waals surface area contributed by atoms with Crippen LogP contribution < -0.4 is 16.2 Å². The summed E-state index contributed by atoms with van der Waals surface area (Å²) in [5.41, 5.74) is 1.10. The lowest BCUT2D eigenvalue weighted by Gasteiger charge is -2.16. The molecule has 5 nitrogen and oxygen atoms in total. The fraction of sp³-hybridized carbons (Fsp3) is 0.625. The molecule has 0 aliphatic rings. The van der Waals surface area contributed by atoms with Crippen molar-refractivity contribution >= 4 is 5.96 Å². The summed E-state index contributed by atoms with van der Waals surface area (Å²) in [5, 5.41) is 6.63. The van der Waals surface area contributed by atoms with Crippen LogP contribution in [0.5, 0.6) is 0 Å². The van der Waals surface area contributed by atoms with Crippen molar-refractivity contribution in [3.63, 3.8) is 0 Å². The summed E-state index contributed by atoms with van der Waals surface area (Å²) < 4.78 is 1.83. The van der Waals surface area contributed by atoms with Crippen LogP contribution in [0.1, 0.15) is 38.8 Å². The second-order valence-corrected chi connectivity index (χ2v) is 5.32. The number of aliphatic imine (C=N–C) groups is 1. The van der Waals surface area contributed by atoms with Gasteiger partial charge in [0.15, 0.2) is 5.96 Å². The number of nitrogens with zero attached hydrogens (tertiary/aromatic N) is 2. The standard InChI is InChI=1S/C16H28N4O/c1-5-13(2)19-16(17-4)18-11-6-7-12-20-14(3)9-8-10-15(20)21/h8-10,13H,5-7,11-12H2,1-4H3,(H2,17,18,19). The number of hydrogen-bond donors (Lipinski definition) is 2. The van der Waals surface area contributed by atoms with Gasteiger partial charge >= 0.3 is 0 Å². The third-order valence-corrected chi connectivity index (χ3v) is 3.59. The van der Waals surface area contributed by atoms with Gasteiger partial charge in [-0.1, -0.05) is 13.0 Å². The van der Waals surface area contributed by atoms with Crippen LogP contribution in [0.2, 0.25) is 0 Å². The molecule has 21 heavy (non-hydrogen) atoms. The first kappa shape index (κ1) is 17.3. The molecule has 0 aromatic carbocycles. The van der Waals surface area contributed by atoms with E-state index in [2.05, 4.69) is 29.5 Å². The minimum Gasteiger partial charge on any atom is -0.356 e. The van der Waals surface area contributed by atoms with Gasteiger partial charge in [-0.2, -0.15) is 0 Å². The van der Waals surface area contributed by atoms with Crippen molar-refractivity contribution in [2.45, 2.75) is 52.6 Å². The molecule has 0 saturated carbocycles. The highest BCUT2D eigenvalue weighted by molar-refractivity contribution is 5.79. The van der Waals surface area contributed by atoms with E-state index in [-0.39, 0.29) is 5.56 Å². The van der Waals surface area contributed by atoms with Crippen molar-refractivity contribution in [3.8, 4) is 0 Å². The van der Waals surface area contributed by atoms with Gasteiger partial charge in [-0.15, -0.1) is 0 Å². The average molecular weight is 292 g/mol. The number of unbranched alkanes of at least 4 members (excludes halogenated alkanes) is 1. The van der Waals surface area contributed by atoms with Crippen molar-refractivity contribution in [2.24, 2.45) is 4.99 Å². The number of pyridine rings is 1. The number of nitrogens with one attached hydrogen (secondary N) is 2. The highest BCUT2D eigenvalue weighted by Crippen LogP contribution is 1.97. The zero-order valence-corrected chi connectivity index (χ0v) is 13.6. The fourth-order valence-electron chi connectivity index (χ4n) is 2.04. The van der Waals surface area contributed by atoms with Gasteiger partial charge in [-0.25, -0.2) is 0 Å². The molecule has 0 saturated heterocycles. The van der Waals surface area contributed by atoms with Crippen LogP contribution in [-0.4, -0.2) is 30.2 Å². The molecule has 0 amide bonds. The third kappa shape index (κ3) is 6.02. The summed E-state index contributed by atoms with van der Waals surface area (Å²) in [4.78, 5) is 15.9. The predicted octanol–water partition coefficient (Wildman–Crippen LogP) is 1.90. The average Bonchev–Trinajstić information content (AvgIpc) is 2.48. The van der Waals surface area contributed by atoms with Crippen LogP contribution in [0.3, 0.4) is 0 Å². The maximum absolute atomic E-state index is 11.7. The number of rotatable bonds is 7. The van der Waals surface area contributed by atoms with Crippen molar-refractivity contribution in [1.82, 2.24) is 15.2 Å². The Bertz CT molecular complexity index is 507. The Kier molecular flexibility index (Phi) is 7.58. The van der Waals surface area contributed by atoms with Gasteiger partial charge in [0.2, 0.25) is 0 Å². The van der Waals surface area contributed by atoms with E-state index >= 15 is 0 Å². The van der Waals surface area contributed by atoms with Crippen LogP contribution in [-0.2, 0) is 6.54 Å². The number of hydrogen-bond acceptors (Lipinski definition) is 2. The first-order valence-corrected chi connectivity index (χ1v) is 7.72. The van der Waals surface area contributed by atoms with Crippen molar-refractivity contribution in [2.75, 3.05) is 13.6 Å². The molecule has 1 aromatic rings. The monoisotopic (exact) mass is 292 g/mol. The van der Waals surface area contributed by atoms with E-state index in [4.69, 9.17) is 0 Å². The molecule has 0 radical (unpaired) electrons. The van der Waals surface area contributed by atoms with E-state index in [0.29, 0.717) is 6.04 Å². The third-order valence-electron chi connectivity index (χ3n) is 3.59. The van der Waals surface area contributed by atoms with Gasteiger partial charge in [-0.05, 0) is 39.2 Å². The SMILES string of the molecule is CCC(C)NC(=NC)NCCCCn1c(C)cccc1=O. The van der Waals surface area contributed by atoms with Gasteiger partial charge in [0.05, 0.1) is 0 Å². The van der Waals surface area contributed by atoms with E-state index in [0.717, 1.165) is 44.0 Å². The molecule has 0 fully saturated rings. The van der Waals surface area contributed by atoms with E-state index in [1.165, 1.54) is 0 Å². The maximum atomic E-state index is 11.7. The second kappa shape index (κ2) is 9.21. The molecule has 1 atom stereocenters. The molecular formula is C16H28N4O. The molecule has 1 unspecified atom stereocenters. The first-order valence-electron chi connectivity index (χ1n) is 7.72. The fourth-order valence-corrected chi connectivity index (χ4v) is 2.04. The molecule has 0 bridgehead atoms. The topological polar surface area (TPSA) is 58.4 Å². The quantitative estimate of drug-likeness (QED) is 0.458. The zero-order chi connectivity index (χ0) is 15.7. The van der Waals surface area contributed by atoms with Crippen LogP contribution in [0.4, 0.5) is 0 Å². The molecule has 0 spiro atoms. The number of guanidine groups is 1. The van der Waals surface area contributed by atoms with Crippen molar-refractivity contribution in [1.29, 1.82) is 0 Å². The van der Waals surface area contributed by atoms with Gasteiger partial charge in [0.1, 0.15) is 0 Å². The molecular weight excluding hydrogens is 264 g/mol. The zero-order valence-electron chi connectivity index (χ0n) is 13.6. The lowest BCUT2D eigenvalue weighted by molar-refractivity contribution is 0.569. The minimum absolute atomic E-state index is 0.0807. The highest BCUT2D eigenvalue weighted by Gasteiger charge is 2.02. The molecule has 118 valence electrons. The van der Waals surface area contributed by atoms with Crippen LogP contribution in [0.25, 0.3) is 0 Å². The van der Waals surface area contributed by atoms with E-state index in [9.17, 15) is 4.79 Å². The summed E-state index contributed by atoms with van der Waals surface area (Å²) in [6.45, 7) is 7.88. The Morgan fingerprint density at radius 2 is 2.14 bits per heavy atom. The smallest absolute Gasteiger partial charge is 0.250 e. The van der Waals surface area contributed by atoms with E-state index in [1.807, 2.05) is 17.6 Å². The summed E-state index contributed by atoms with van der Waals surface area (Å²) in [6.07, 6.45) is 3.04. The lowest BCUT2D eigenvalue weighted by Crippen LogP contribution is -2.42. The van der Waals surface area contributed by atoms with E-state index in [1.54, 1.807) is 19.2 Å². The molecule has 5 heteroatoms. The minimum atomic E-state index is 0.0807. The molecule has 2 N–H and O–H groups in total. The van der Waals surface area contributed by atoms with Gasteiger partial charge < -0.3 is 15.2 Å². The Labute approximate surface area is 127 Å². The summed E-state index contributed by atoms with van der Waals surface area (Å²) in [5.74, 6) is 0.845. The summed E-state index contributed by atoms with van der Waals surface area (Å²) in [7, 11) is 1.78. The lowest BCUT2D eigenvalue weighted by atomic mass is 10.2. The largest absolute Gasteiger partial charge is 0.356 e. The van der Waals surface area contributed by atoms with Gasteiger partial charge in [0, 0.05) is 37.9 Å². The van der Waals surface area contributed by atoms with Crippen molar-refractivity contribution < 1.29 is 0 Å². The Morgan fingerprint density at radius 3 is 2.76 bits per heavy atom. The van der Waals surface area contributed by atoms with E-state index < -0.39 is 0 Å². The van der Waals surface area contributed by atoms with Crippen LogP contribution in [0, 0.1) is 6.92 Å².